The van der Waals surface area contributed by atoms with Crippen LogP contribution in [0.25, 0.3) is 22.3 Å². The third-order valence-corrected chi connectivity index (χ3v) is 14.5. The average Bonchev–Trinajstić information content (AvgIpc) is 4.06. The molecule has 0 atom stereocenters. The molecule has 392 valence electrons. The van der Waals surface area contributed by atoms with E-state index in [1.165, 1.54) is 35.5 Å². The van der Waals surface area contributed by atoms with E-state index in [0.29, 0.717) is 29.7 Å². The molecule has 73 heavy (non-hydrogen) atoms. The number of urea groups is 1. The summed E-state index contributed by atoms with van der Waals surface area (Å²) in [5.74, 6) is 1.23. The number of sulfonamides is 2. The van der Waals surface area contributed by atoms with E-state index in [4.69, 9.17) is 24.7 Å². The first-order valence-electron chi connectivity index (χ1n) is 24.7. The summed E-state index contributed by atoms with van der Waals surface area (Å²) in [6.07, 6.45) is 23.4. The van der Waals surface area contributed by atoms with E-state index in [2.05, 4.69) is 37.9 Å². The van der Waals surface area contributed by atoms with Crippen LogP contribution in [-0.2, 0) is 55.2 Å². The molecule has 18 nitrogen and oxygen atoms in total. The maximum Gasteiger partial charge on any atom is 0.335 e. The van der Waals surface area contributed by atoms with Crippen LogP contribution in [0.15, 0.2) is 89.8 Å². The minimum absolute atomic E-state index is 0.0994. The lowest BCUT2D eigenvalue weighted by molar-refractivity contribution is -0.613. The zero-order chi connectivity index (χ0) is 52.3. The molecule has 4 N–H and O–H groups in total. The number of nitrogens with two attached hydrogens (primary N) is 1. The van der Waals surface area contributed by atoms with Gasteiger partial charge < -0.3 is 40.0 Å². The van der Waals surface area contributed by atoms with Crippen LogP contribution in [0.5, 0.6) is 11.8 Å². The second-order valence-electron chi connectivity index (χ2n) is 19.1. The minimum atomic E-state index is -3.67. The average molecular weight is 1040 g/mol. The van der Waals surface area contributed by atoms with Crippen LogP contribution in [-0.4, -0.2) is 104 Å². The minimum Gasteiger partial charge on any atom is -0.806 e. The Hall–Kier alpha value is -6.35. The predicted molar refractivity (Wildman–Crippen MR) is 281 cm³/mol. The Balaban J connectivity index is 0.000000170. The summed E-state index contributed by atoms with van der Waals surface area (Å²) in [5.41, 5.74) is 17.7. The Labute approximate surface area is 429 Å². The fourth-order valence-corrected chi connectivity index (χ4v) is 10.5. The molecule has 0 aliphatic heterocycles. The van der Waals surface area contributed by atoms with Crippen LogP contribution in [0.4, 0.5) is 21.9 Å². The van der Waals surface area contributed by atoms with Crippen LogP contribution >= 0.6 is 0 Å². The number of rotatable bonds is 12. The smallest absolute Gasteiger partial charge is 0.335 e. The number of carbonyl (C=O) groups excluding carboxylic acids is 1. The third kappa shape index (κ3) is 15.3. The number of methoxy groups -OCH3 is 2. The summed E-state index contributed by atoms with van der Waals surface area (Å²) in [6.45, 7) is 0. The first kappa shape index (κ1) is 54.4. The van der Waals surface area contributed by atoms with E-state index in [-0.39, 0.29) is 12.2 Å². The Bertz CT molecular complexity index is 2960. The fraction of sp³-hybridized carbons (Fsp3) is 0.453. The van der Waals surface area contributed by atoms with Crippen molar-refractivity contribution < 1.29 is 50.3 Å². The van der Waals surface area contributed by atoms with Crippen LogP contribution in [0.3, 0.4) is 0 Å². The van der Waals surface area contributed by atoms with Gasteiger partial charge in [-0.05, 0) is 135 Å². The van der Waals surface area contributed by atoms with Gasteiger partial charge in [-0.25, -0.2) is 32.5 Å². The van der Waals surface area contributed by atoms with Crippen LogP contribution < -0.4 is 39.8 Å². The number of aryl methyl sites for hydroxylation is 2. The second kappa shape index (κ2) is 24.6. The number of amides is 2. The van der Waals surface area contributed by atoms with Crippen molar-refractivity contribution in [1.29, 1.82) is 0 Å². The lowest BCUT2D eigenvalue weighted by Crippen LogP contribution is -2.50. The largest absolute Gasteiger partial charge is 0.806 e. The maximum atomic E-state index is 12.3. The normalized spacial score (nSPS) is 19.5. The monoisotopic (exact) mass is 1040 g/mol. The molecule has 3 aromatic heterocycles. The van der Waals surface area contributed by atoms with E-state index >= 15 is 0 Å². The van der Waals surface area contributed by atoms with Gasteiger partial charge in [0.15, 0.2) is 0 Å². The molecule has 9 rings (SSSR count). The molecule has 4 aliphatic rings. The molecule has 4 aliphatic carbocycles. The van der Waals surface area contributed by atoms with Crippen molar-refractivity contribution in [2.75, 3.05) is 56.8 Å². The van der Waals surface area contributed by atoms with Gasteiger partial charge >= 0.3 is 16.1 Å². The quantitative estimate of drug-likeness (QED) is 0.0532. The highest BCUT2D eigenvalue weighted by Gasteiger charge is 2.26. The van der Waals surface area contributed by atoms with Gasteiger partial charge in [0, 0.05) is 91.9 Å². The SMILES string of the molecule is CN(C)c1cc[n+](C([O-])=NS(C)(=O)=O)cc1.COC1CCC(Oc2cc(-c3ccc4c(c3N)CCC4)ccn2)CC1.COC1CCC(Oc2cc(-c3ccc4c(c3NC(=O)NS(C)(=O)=O)CCC4)ccn2)CC1. The molecule has 2 amide bonds. The van der Waals surface area contributed by atoms with E-state index in [1.54, 1.807) is 32.5 Å². The summed E-state index contributed by atoms with van der Waals surface area (Å²) in [7, 11) is -0.0570. The number of nitrogens with one attached hydrogen (secondary N) is 2. The van der Waals surface area contributed by atoms with Gasteiger partial charge in [0.25, 0.3) is 6.02 Å². The van der Waals surface area contributed by atoms with E-state index in [9.17, 15) is 26.7 Å². The van der Waals surface area contributed by atoms with Crippen molar-refractivity contribution in [3.63, 3.8) is 0 Å². The van der Waals surface area contributed by atoms with Crippen molar-refractivity contribution in [1.82, 2.24) is 14.7 Å². The third-order valence-electron chi connectivity index (χ3n) is 13.5. The number of benzene rings is 2. The molecule has 2 aromatic carbocycles. The van der Waals surface area contributed by atoms with Gasteiger partial charge in [-0.1, -0.05) is 24.3 Å². The molecular formula is C53H68N8O10S2. The summed E-state index contributed by atoms with van der Waals surface area (Å²) in [4.78, 5) is 23.0. The molecule has 0 spiro atoms. The van der Waals surface area contributed by atoms with Gasteiger partial charge in [-0.2, -0.15) is 8.42 Å². The van der Waals surface area contributed by atoms with Gasteiger partial charge in [0.1, 0.15) is 12.2 Å². The summed E-state index contributed by atoms with van der Waals surface area (Å²) >= 11 is 0. The molecule has 5 aromatic rings. The highest BCUT2D eigenvalue weighted by Crippen LogP contribution is 2.39. The fourth-order valence-electron chi connectivity index (χ4n) is 9.73. The number of nitrogens with zero attached hydrogens (tertiary/aromatic N) is 5. The topological polar surface area (TPSA) is 241 Å². The lowest BCUT2D eigenvalue weighted by atomic mass is 9.95. The van der Waals surface area contributed by atoms with Gasteiger partial charge in [0.2, 0.25) is 21.8 Å². The molecule has 2 fully saturated rings. The lowest BCUT2D eigenvalue weighted by Gasteiger charge is -2.27. The maximum absolute atomic E-state index is 12.3. The van der Waals surface area contributed by atoms with Crippen molar-refractivity contribution >= 4 is 49.2 Å². The number of hydrogen-bond donors (Lipinski definition) is 3. The van der Waals surface area contributed by atoms with Crippen molar-refractivity contribution in [2.24, 2.45) is 4.40 Å². The number of hydrogen-bond acceptors (Lipinski definition) is 14. The van der Waals surface area contributed by atoms with Crippen molar-refractivity contribution in [3.05, 3.63) is 108 Å². The number of carbonyl (C=O) groups is 1. The number of pyridine rings is 3. The number of anilines is 3. The van der Waals surface area contributed by atoms with Crippen molar-refractivity contribution in [3.8, 4) is 34.0 Å². The zero-order valence-electron chi connectivity index (χ0n) is 42.5. The molecular weight excluding hydrogens is 973 g/mol. The van der Waals surface area contributed by atoms with Crippen molar-refractivity contribution in [2.45, 2.75) is 114 Å². The summed E-state index contributed by atoms with van der Waals surface area (Å²) < 4.78 is 73.8. The Kier molecular flexibility index (Phi) is 18.3. The number of aromatic nitrogens is 3. The summed E-state index contributed by atoms with van der Waals surface area (Å²) in [6, 6.07) is 18.0. The first-order chi connectivity index (χ1) is 34.9. The Morgan fingerprint density at radius 1 is 0.699 bits per heavy atom. The standard InChI is InChI=1S/C23H29N3O5S.C21H26N2O2.C9H13N3O3S/c1-30-17-7-9-18(10-8-17)31-21-14-16(12-13-24-21)20-11-6-15-4-3-5-19(15)22(20)25-23(27)26-32(2,28)29;1-24-16-6-8-17(9-7-16)25-20-13-15(11-12-23-20)19-10-5-14-3-2-4-18(14)21(19)22;1-11(2)8-4-6-12(7-5-8)9(13)10-16(3,14)15/h6,11-14,17-18H,3-5,7-10H2,1-2H3,(H2,25,26,27);5,10-13,16-17H,2-4,6-9,22H2,1H3;4-7H,1-3H3. The summed E-state index contributed by atoms with van der Waals surface area (Å²) in [5, 5.41) is 14.1. The molecule has 0 saturated heterocycles. The Morgan fingerprint density at radius 2 is 1.18 bits per heavy atom. The van der Waals surface area contributed by atoms with E-state index in [0.717, 1.165) is 140 Å². The van der Waals surface area contributed by atoms with Crippen LogP contribution in [0.1, 0.15) is 86.5 Å². The molecule has 2 saturated carbocycles. The second-order valence-corrected chi connectivity index (χ2v) is 22.5. The number of fused-ring (bicyclic) bond motifs is 2. The molecule has 0 radical (unpaired) electrons. The molecule has 0 bridgehead atoms. The highest BCUT2D eigenvalue weighted by molar-refractivity contribution is 7.89. The number of ether oxygens (including phenoxy) is 4. The van der Waals surface area contributed by atoms with Gasteiger partial charge in [-0.3, -0.25) is 0 Å². The van der Waals surface area contributed by atoms with Crippen LogP contribution in [0.2, 0.25) is 0 Å². The van der Waals surface area contributed by atoms with Gasteiger partial charge in [-0.15, -0.1) is 0 Å². The molecule has 20 heteroatoms. The Morgan fingerprint density at radius 3 is 1.67 bits per heavy atom. The van der Waals surface area contributed by atoms with Crippen LogP contribution in [0, 0.1) is 0 Å². The number of nitrogen functional groups attached to an aromatic ring is 1. The van der Waals surface area contributed by atoms with Gasteiger partial charge in [0.05, 0.1) is 42.8 Å². The van der Waals surface area contributed by atoms with E-state index in [1.807, 2.05) is 60.2 Å². The highest BCUT2D eigenvalue weighted by atomic mass is 32.2. The zero-order valence-corrected chi connectivity index (χ0v) is 44.1. The molecule has 3 heterocycles. The first-order valence-corrected chi connectivity index (χ1v) is 28.4. The molecule has 0 unspecified atom stereocenters. The predicted octanol–water partition coefficient (Wildman–Crippen LogP) is 6.37. The van der Waals surface area contributed by atoms with E-state index < -0.39 is 32.1 Å².